The summed E-state index contributed by atoms with van der Waals surface area (Å²) in [6.07, 6.45) is 0. The minimum absolute atomic E-state index is 0.130. The molecule has 0 aliphatic carbocycles. The summed E-state index contributed by atoms with van der Waals surface area (Å²) in [5.74, 6) is -0.361. The Labute approximate surface area is 108 Å². The zero-order valence-corrected chi connectivity index (χ0v) is 10.3. The van der Waals surface area contributed by atoms with Crippen molar-refractivity contribution < 1.29 is 9.50 Å². The fourth-order valence-corrected chi connectivity index (χ4v) is 1.85. The second-order valence-electron chi connectivity index (χ2n) is 3.60. The number of rotatable bonds is 2. The van der Waals surface area contributed by atoms with Gasteiger partial charge in [-0.2, -0.15) is 0 Å². The Morgan fingerprint density at radius 2 is 1.76 bits per heavy atom. The first kappa shape index (κ1) is 12.4. The molecule has 1 nitrogen and oxygen atoms in total. The van der Waals surface area contributed by atoms with Crippen LogP contribution < -0.4 is 0 Å². The molecule has 1 N–H and O–H groups in total. The Bertz CT molecular complexity index is 555. The number of halogens is 3. The van der Waals surface area contributed by atoms with Crippen LogP contribution in [0, 0.1) is 5.82 Å². The van der Waals surface area contributed by atoms with Gasteiger partial charge in [0, 0.05) is 5.56 Å². The van der Waals surface area contributed by atoms with Gasteiger partial charge in [0.15, 0.2) is 0 Å². The molecule has 0 aliphatic heterocycles. The molecule has 0 amide bonds. The second-order valence-corrected chi connectivity index (χ2v) is 4.42. The summed E-state index contributed by atoms with van der Waals surface area (Å²) >= 11 is 11.7. The number of hydrogen-bond donors (Lipinski definition) is 1. The minimum Gasteiger partial charge on any atom is -0.392 e. The SMILES string of the molecule is OCc1ccc(F)c(-c2ccc(Cl)c(Cl)c2)c1. The lowest BCUT2D eigenvalue weighted by Gasteiger charge is -2.07. The van der Waals surface area contributed by atoms with Gasteiger partial charge in [0.2, 0.25) is 0 Å². The van der Waals surface area contributed by atoms with E-state index in [2.05, 4.69) is 0 Å². The molecule has 17 heavy (non-hydrogen) atoms. The Morgan fingerprint density at radius 1 is 1.00 bits per heavy atom. The van der Waals surface area contributed by atoms with E-state index in [1.54, 1.807) is 24.3 Å². The van der Waals surface area contributed by atoms with E-state index in [1.165, 1.54) is 12.1 Å². The van der Waals surface area contributed by atoms with Crippen LogP contribution in [0.4, 0.5) is 4.39 Å². The van der Waals surface area contributed by atoms with Gasteiger partial charge in [0.1, 0.15) is 5.82 Å². The maximum absolute atomic E-state index is 13.7. The third kappa shape index (κ3) is 2.60. The van der Waals surface area contributed by atoms with Gasteiger partial charge in [0.25, 0.3) is 0 Å². The molecule has 0 saturated carbocycles. The molecular formula is C13H9Cl2FO. The van der Waals surface area contributed by atoms with E-state index in [0.29, 0.717) is 26.7 Å². The third-order valence-corrected chi connectivity index (χ3v) is 3.18. The molecule has 2 aromatic rings. The molecule has 2 aromatic carbocycles. The molecular weight excluding hydrogens is 262 g/mol. The second kappa shape index (κ2) is 5.05. The van der Waals surface area contributed by atoms with Gasteiger partial charge in [-0.3, -0.25) is 0 Å². The van der Waals surface area contributed by atoms with Crippen molar-refractivity contribution in [3.63, 3.8) is 0 Å². The first-order valence-corrected chi connectivity index (χ1v) is 5.72. The Hall–Kier alpha value is -1.09. The smallest absolute Gasteiger partial charge is 0.131 e. The third-order valence-electron chi connectivity index (χ3n) is 2.44. The van der Waals surface area contributed by atoms with E-state index in [-0.39, 0.29) is 12.4 Å². The van der Waals surface area contributed by atoms with Gasteiger partial charge in [-0.05, 0) is 35.4 Å². The summed E-state index contributed by atoms with van der Waals surface area (Å²) < 4.78 is 13.7. The maximum Gasteiger partial charge on any atom is 0.131 e. The van der Waals surface area contributed by atoms with Crippen LogP contribution in [0.5, 0.6) is 0 Å². The molecule has 4 heteroatoms. The normalized spacial score (nSPS) is 10.6. The van der Waals surface area contributed by atoms with Gasteiger partial charge in [-0.25, -0.2) is 4.39 Å². The Balaban J connectivity index is 2.55. The summed E-state index contributed by atoms with van der Waals surface area (Å²) in [6.45, 7) is -0.130. The van der Waals surface area contributed by atoms with Crippen LogP contribution in [0.1, 0.15) is 5.56 Å². The van der Waals surface area contributed by atoms with Gasteiger partial charge >= 0.3 is 0 Å². The molecule has 0 aliphatic rings. The fourth-order valence-electron chi connectivity index (χ4n) is 1.56. The van der Waals surface area contributed by atoms with Gasteiger partial charge in [0.05, 0.1) is 16.7 Å². The van der Waals surface area contributed by atoms with Crippen molar-refractivity contribution in [2.75, 3.05) is 0 Å². The van der Waals surface area contributed by atoms with Crippen LogP contribution in [-0.2, 0) is 6.61 Å². The Morgan fingerprint density at radius 3 is 2.41 bits per heavy atom. The van der Waals surface area contributed by atoms with Crippen molar-refractivity contribution in [3.05, 3.63) is 57.8 Å². The molecule has 0 radical (unpaired) electrons. The fraction of sp³-hybridized carbons (Fsp3) is 0.0769. The lowest BCUT2D eigenvalue weighted by atomic mass is 10.0. The van der Waals surface area contributed by atoms with Crippen LogP contribution in [0.3, 0.4) is 0 Å². The number of hydrogen-bond acceptors (Lipinski definition) is 1. The zero-order valence-electron chi connectivity index (χ0n) is 8.75. The predicted octanol–water partition coefficient (Wildman–Crippen LogP) is 4.29. The highest BCUT2D eigenvalue weighted by Gasteiger charge is 2.08. The van der Waals surface area contributed by atoms with Crippen molar-refractivity contribution in [2.45, 2.75) is 6.61 Å². The van der Waals surface area contributed by atoms with E-state index in [4.69, 9.17) is 28.3 Å². The molecule has 0 fully saturated rings. The summed E-state index contributed by atoms with van der Waals surface area (Å²) in [5, 5.41) is 9.83. The average Bonchev–Trinajstić information content (AvgIpc) is 2.33. The molecule has 0 saturated heterocycles. The van der Waals surface area contributed by atoms with Crippen LogP contribution in [-0.4, -0.2) is 5.11 Å². The van der Waals surface area contributed by atoms with Gasteiger partial charge in [-0.1, -0.05) is 35.3 Å². The quantitative estimate of drug-likeness (QED) is 0.863. The van der Waals surface area contributed by atoms with Crippen molar-refractivity contribution in [1.82, 2.24) is 0 Å². The average molecular weight is 271 g/mol. The van der Waals surface area contributed by atoms with E-state index in [0.717, 1.165) is 0 Å². The lowest BCUT2D eigenvalue weighted by Crippen LogP contribution is -1.89. The summed E-state index contributed by atoms with van der Waals surface area (Å²) in [5.41, 5.74) is 1.68. The molecule has 0 aromatic heterocycles. The van der Waals surface area contributed by atoms with Crippen LogP contribution >= 0.6 is 23.2 Å². The first-order valence-electron chi connectivity index (χ1n) is 4.96. The van der Waals surface area contributed by atoms with E-state index < -0.39 is 0 Å². The summed E-state index contributed by atoms with van der Waals surface area (Å²) in [6, 6.07) is 9.36. The van der Waals surface area contributed by atoms with E-state index >= 15 is 0 Å². The van der Waals surface area contributed by atoms with Crippen molar-refractivity contribution in [3.8, 4) is 11.1 Å². The first-order chi connectivity index (χ1) is 8.11. The highest BCUT2D eigenvalue weighted by Crippen LogP contribution is 2.30. The largest absolute Gasteiger partial charge is 0.392 e. The van der Waals surface area contributed by atoms with E-state index in [1.807, 2.05) is 0 Å². The van der Waals surface area contributed by atoms with Crippen molar-refractivity contribution in [1.29, 1.82) is 0 Å². The monoisotopic (exact) mass is 270 g/mol. The van der Waals surface area contributed by atoms with Crippen molar-refractivity contribution in [2.24, 2.45) is 0 Å². The summed E-state index contributed by atoms with van der Waals surface area (Å²) in [7, 11) is 0. The number of aliphatic hydroxyl groups is 1. The highest BCUT2D eigenvalue weighted by molar-refractivity contribution is 6.42. The molecule has 0 atom stereocenters. The zero-order chi connectivity index (χ0) is 12.4. The minimum atomic E-state index is -0.361. The molecule has 0 heterocycles. The molecule has 0 unspecified atom stereocenters. The summed E-state index contributed by atoms with van der Waals surface area (Å²) in [4.78, 5) is 0. The molecule has 0 bridgehead atoms. The Kier molecular flexibility index (Phi) is 3.67. The van der Waals surface area contributed by atoms with Gasteiger partial charge in [-0.15, -0.1) is 0 Å². The highest BCUT2D eigenvalue weighted by atomic mass is 35.5. The number of aliphatic hydroxyl groups excluding tert-OH is 1. The topological polar surface area (TPSA) is 20.2 Å². The van der Waals surface area contributed by atoms with E-state index in [9.17, 15) is 4.39 Å². The molecule has 2 rings (SSSR count). The van der Waals surface area contributed by atoms with Crippen LogP contribution in [0.2, 0.25) is 10.0 Å². The predicted molar refractivity (Wildman–Crippen MR) is 67.8 cm³/mol. The lowest BCUT2D eigenvalue weighted by molar-refractivity contribution is 0.282. The number of benzene rings is 2. The molecule has 0 spiro atoms. The van der Waals surface area contributed by atoms with Crippen molar-refractivity contribution >= 4 is 23.2 Å². The van der Waals surface area contributed by atoms with Crippen LogP contribution in [0.25, 0.3) is 11.1 Å². The standard InChI is InChI=1S/C13H9Cl2FO/c14-11-3-2-9(6-12(11)15)10-5-8(7-17)1-4-13(10)16/h1-6,17H,7H2. The van der Waals surface area contributed by atoms with Gasteiger partial charge < -0.3 is 5.11 Å². The molecule has 88 valence electrons. The maximum atomic E-state index is 13.7. The van der Waals surface area contributed by atoms with Crippen LogP contribution in [0.15, 0.2) is 36.4 Å².